The molecule has 0 saturated heterocycles. The van der Waals surface area contributed by atoms with E-state index < -0.39 is 5.54 Å². The van der Waals surface area contributed by atoms with Gasteiger partial charge in [-0.15, -0.1) is 0 Å². The number of nitrogens with one attached hydrogen (secondary N) is 1. The highest BCUT2D eigenvalue weighted by Crippen LogP contribution is 2.47. The van der Waals surface area contributed by atoms with Gasteiger partial charge in [0, 0.05) is 23.8 Å². The lowest BCUT2D eigenvalue weighted by atomic mass is 9.63. The third-order valence-electron chi connectivity index (χ3n) is 4.08. The minimum Gasteiger partial charge on any atom is -0.326 e. The number of fused-ring (bicyclic) bond motifs is 4. The summed E-state index contributed by atoms with van der Waals surface area (Å²) in [6.45, 7) is 2.06. The highest BCUT2D eigenvalue weighted by atomic mass is 16.1. The molecule has 0 spiro atoms. The Morgan fingerprint density at radius 2 is 2.37 bits per heavy atom. The van der Waals surface area contributed by atoms with Crippen LogP contribution >= 0.6 is 0 Å². The van der Waals surface area contributed by atoms with Gasteiger partial charge in [-0.25, -0.2) is 0 Å². The first-order valence-corrected chi connectivity index (χ1v) is 6.33. The highest BCUT2D eigenvalue weighted by molar-refractivity contribution is 5.50. The molecular weight excluding hydrogens is 238 g/mol. The van der Waals surface area contributed by atoms with E-state index in [1.54, 1.807) is 12.1 Å². The molecule has 2 bridgehead atoms. The van der Waals surface area contributed by atoms with Crippen LogP contribution in [0.25, 0.3) is 0 Å². The van der Waals surface area contributed by atoms with E-state index in [0.29, 0.717) is 12.8 Å². The van der Waals surface area contributed by atoms with Crippen molar-refractivity contribution in [3.05, 3.63) is 57.0 Å². The third-order valence-corrected chi connectivity index (χ3v) is 4.08. The van der Waals surface area contributed by atoms with Gasteiger partial charge < -0.3 is 10.7 Å². The summed E-state index contributed by atoms with van der Waals surface area (Å²) in [5.74, 6) is 0.115. The Kier molecular flexibility index (Phi) is 2.48. The summed E-state index contributed by atoms with van der Waals surface area (Å²) >= 11 is 0. The first kappa shape index (κ1) is 11.9. The Hall–Kier alpha value is -2.12. The molecule has 96 valence electrons. The second kappa shape index (κ2) is 3.94. The Morgan fingerprint density at radius 3 is 3.11 bits per heavy atom. The van der Waals surface area contributed by atoms with Crippen LogP contribution in [-0.2, 0) is 12.0 Å². The van der Waals surface area contributed by atoms with Crippen LogP contribution < -0.4 is 11.3 Å². The average molecular weight is 253 g/mol. The summed E-state index contributed by atoms with van der Waals surface area (Å²) in [7, 11) is 0. The first-order valence-electron chi connectivity index (χ1n) is 6.33. The maximum Gasteiger partial charge on any atom is 0.248 e. The number of H-pyrrole nitrogens is 1. The zero-order chi connectivity index (χ0) is 13.6. The summed E-state index contributed by atoms with van der Waals surface area (Å²) < 4.78 is 0. The van der Waals surface area contributed by atoms with Gasteiger partial charge in [0.15, 0.2) is 0 Å². The van der Waals surface area contributed by atoms with Gasteiger partial charge >= 0.3 is 0 Å². The van der Waals surface area contributed by atoms with Crippen molar-refractivity contribution in [2.75, 3.05) is 0 Å². The van der Waals surface area contributed by atoms with Crippen molar-refractivity contribution in [3.8, 4) is 6.07 Å². The van der Waals surface area contributed by atoms with E-state index >= 15 is 0 Å². The SMILES string of the molecule is CC1=C[C@H]2Cc3[nH]c(=O)ccc3[C@@](N)(C1)/C2=C/C#N. The molecule has 2 aliphatic carbocycles. The third kappa shape index (κ3) is 1.66. The van der Waals surface area contributed by atoms with Gasteiger partial charge in [-0.1, -0.05) is 11.6 Å². The Labute approximate surface area is 111 Å². The minimum atomic E-state index is -0.656. The van der Waals surface area contributed by atoms with E-state index in [1.807, 2.05) is 0 Å². The van der Waals surface area contributed by atoms with Crippen molar-refractivity contribution in [2.45, 2.75) is 25.3 Å². The van der Waals surface area contributed by atoms with Crippen molar-refractivity contribution >= 4 is 0 Å². The molecule has 1 aromatic heterocycles. The van der Waals surface area contributed by atoms with Crippen molar-refractivity contribution in [3.63, 3.8) is 0 Å². The molecule has 2 atom stereocenters. The number of nitrogens with zero attached hydrogens (tertiary/aromatic N) is 1. The topological polar surface area (TPSA) is 82.7 Å². The summed E-state index contributed by atoms with van der Waals surface area (Å²) in [4.78, 5) is 14.3. The lowest BCUT2D eigenvalue weighted by Gasteiger charge is -2.44. The highest BCUT2D eigenvalue weighted by Gasteiger charge is 2.44. The maximum atomic E-state index is 11.5. The van der Waals surface area contributed by atoms with Crippen LogP contribution in [-0.4, -0.2) is 4.98 Å². The van der Waals surface area contributed by atoms with Crippen LogP contribution in [0.1, 0.15) is 24.6 Å². The van der Waals surface area contributed by atoms with E-state index in [1.165, 1.54) is 11.6 Å². The second-order valence-electron chi connectivity index (χ2n) is 5.42. The molecule has 0 unspecified atom stereocenters. The molecule has 0 saturated carbocycles. The number of aromatic amines is 1. The van der Waals surface area contributed by atoms with Crippen LogP contribution in [0.15, 0.2) is 40.2 Å². The molecule has 4 heteroatoms. The van der Waals surface area contributed by atoms with Crippen LogP contribution in [0.4, 0.5) is 0 Å². The van der Waals surface area contributed by atoms with Crippen LogP contribution in [0.5, 0.6) is 0 Å². The second-order valence-corrected chi connectivity index (χ2v) is 5.42. The lowest BCUT2D eigenvalue weighted by molar-refractivity contribution is 0.410. The van der Waals surface area contributed by atoms with Gasteiger partial charge in [0.25, 0.3) is 0 Å². The monoisotopic (exact) mass is 253 g/mol. The molecule has 4 nitrogen and oxygen atoms in total. The number of aromatic nitrogens is 1. The molecular formula is C15H15N3O. The molecule has 3 N–H and O–H groups in total. The van der Waals surface area contributed by atoms with E-state index in [9.17, 15) is 4.79 Å². The summed E-state index contributed by atoms with van der Waals surface area (Å²) in [5.41, 5.74) is 9.88. The van der Waals surface area contributed by atoms with Crippen LogP contribution in [0, 0.1) is 17.2 Å². The predicted molar refractivity (Wildman–Crippen MR) is 72.2 cm³/mol. The van der Waals surface area contributed by atoms with Crippen molar-refractivity contribution in [1.82, 2.24) is 4.98 Å². The molecule has 19 heavy (non-hydrogen) atoms. The van der Waals surface area contributed by atoms with E-state index in [0.717, 1.165) is 16.8 Å². The van der Waals surface area contributed by atoms with Gasteiger partial charge in [0.1, 0.15) is 0 Å². The quantitative estimate of drug-likeness (QED) is 0.543. The van der Waals surface area contributed by atoms with Crippen molar-refractivity contribution in [2.24, 2.45) is 11.7 Å². The number of rotatable bonds is 0. The number of hydrogen-bond acceptors (Lipinski definition) is 3. The molecule has 0 fully saturated rings. The Balaban J connectivity index is 2.29. The fourth-order valence-corrected chi connectivity index (χ4v) is 3.41. The maximum absolute atomic E-state index is 11.5. The fourth-order valence-electron chi connectivity index (χ4n) is 3.41. The zero-order valence-electron chi connectivity index (χ0n) is 10.7. The normalized spacial score (nSPS) is 30.5. The molecule has 1 heterocycles. The smallest absolute Gasteiger partial charge is 0.248 e. The van der Waals surface area contributed by atoms with E-state index in [4.69, 9.17) is 11.0 Å². The number of pyridine rings is 1. The fraction of sp³-hybridized carbons (Fsp3) is 0.333. The largest absolute Gasteiger partial charge is 0.326 e. The molecule has 0 amide bonds. The van der Waals surface area contributed by atoms with Crippen LogP contribution in [0.2, 0.25) is 0 Å². The summed E-state index contributed by atoms with van der Waals surface area (Å²) in [6.07, 6.45) is 5.12. The number of allylic oxidation sites excluding steroid dienone is 2. The number of nitrogens with two attached hydrogens (primary N) is 1. The van der Waals surface area contributed by atoms with Gasteiger partial charge in [-0.2, -0.15) is 5.26 Å². The van der Waals surface area contributed by atoms with Crippen molar-refractivity contribution in [1.29, 1.82) is 5.26 Å². The number of hydrogen-bond donors (Lipinski definition) is 2. The molecule has 2 aliphatic rings. The average Bonchev–Trinajstić information content (AvgIpc) is 2.32. The Morgan fingerprint density at radius 1 is 1.58 bits per heavy atom. The zero-order valence-corrected chi connectivity index (χ0v) is 10.7. The number of nitriles is 1. The van der Waals surface area contributed by atoms with Gasteiger partial charge in [-0.3, -0.25) is 4.79 Å². The lowest BCUT2D eigenvalue weighted by Crippen LogP contribution is -2.48. The van der Waals surface area contributed by atoms with E-state index in [2.05, 4.69) is 24.1 Å². The molecule has 0 aromatic carbocycles. The summed E-state index contributed by atoms with van der Waals surface area (Å²) in [6, 6.07) is 5.41. The molecule has 3 rings (SSSR count). The van der Waals surface area contributed by atoms with Gasteiger partial charge in [0.2, 0.25) is 5.56 Å². The molecule has 0 aliphatic heterocycles. The summed E-state index contributed by atoms with van der Waals surface area (Å²) in [5, 5.41) is 8.99. The van der Waals surface area contributed by atoms with Gasteiger partial charge in [-0.05, 0) is 37.0 Å². The first-order chi connectivity index (χ1) is 9.04. The van der Waals surface area contributed by atoms with Gasteiger partial charge in [0.05, 0.1) is 11.6 Å². The predicted octanol–water partition coefficient (Wildman–Crippen LogP) is 1.50. The standard InChI is InChI=1S/C15H15N3O/c1-9-6-10-7-13-12(2-3-14(19)18-13)15(17,8-9)11(10)4-5-16/h2-4,6,10H,7-8,17H2,1H3,(H,18,19)/b11-4+/t10-,15+/m0/s1. The molecule has 0 radical (unpaired) electrons. The molecule has 1 aromatic rings. The van der Waals surface area contributed by atoms with Crippen LogP contribution in [0.3, 0.4) is 0 Å². The Bertz CT molecular complexity index is 705. The van der Waals surface area contributed by atoms with E-state index in [-0.39, 0.29) is 11.5 Å². The van der Waals surface area contributed by atoms with Crippen molar-refractivity contribution < 1.29 is 0 Å². The minimum absolute atomic E-state index is 0.103.